The van der Waals surface area contributed by atoms with Crippen molar-refractivity contribution >= 4 is 6.09 Å². The number of carbonyl (C=O) groups excluding carboxylic acids is 1. The van der Waals surface area contributed by atoms with Crippen LogP contribution in [-0.2, 0) is 23.1 Å². The van der Waals surface area contributed by atoms with Gasteiger partial charge in [-0.1, -0.05) is 38.1 Å². The summed E-state index contributed by atoms with van der Waals surface area (Å²) < 4.78 is 32.6. The minimum absolute atomic E-state index is 0.0406. The van der Waals surface area contributed by atoms with Crippen molar-refractivity contribution in [3.63, 3.8) is 0 Å². The highest BCUT2D eigenvalue weighted by Crippen LogP contribution is 2.22. The van der Waals surface area contributed by atoms with E-state index in [0.717, 1.165) is 18.1 Å². The van der Waals surface area contributed by atoms with Gasteiger partial charge in [0, 0.05) is 18.2 Å². The Labute approximate surface area is 195 Å². The Kier molecular flexibility index (Phi) is 9.80. The fourth-order valence-electron chi connectivity index (χ4n) is 3.50. The van der Waals surface area contributed by atoms with Crippen LogP contribution < -0.4 is 10.6 Å². The molecule has 1 amide bonds. The molecule has 3 atom stereocenters. The normalized spacial score (nSPS) is 14.4. The number of amides is 1. The van der Waals surface area contributed by atoms with Crippen molar-refractivity contribution in [3.8, 4) is 0 Å². The van der Waals surface area contributed by atoms with Crippen LogP contribution in [0.3, 0.4) is 0 Å². The zero-order valence-corrected chi connectivity index (χ0v) is 20.1. The van der Waals surface area contributed by atoms with E-state index in [9.17, 15) is 18.7 Å². The molecule has 33 heavy (non-hydrogen) atoms. The van der Waals surface area contributed by atoms with Crippen LogP contribution in [0, 0.1) is 11.6 Å². The van der Waals surface area contributed by atoms with E-state index < -0.39 is 35.4 Å². The topological polar surface area (TPSA) is 70.6 Å². The molecule has 0 radical (unpaired) electrons. The van der Waals surface area contributed by atoms with Crippen LogP contribution in [0.2, 0.25) is 0 Å². The van der Waals surface area contributed by atoms with Crippen LogP contribution in [0.25, 0.3) is 0 Å². The van der Waals surface area contributed by atoms with Gasteiger partial charge in [0.15, 0.2) is 0 Å². The van der Waals surface area contributed by atoms with E-state index in [1.165, 1.54) is 17.7 Å². The van der Waals surface area contributed by atoms with Crippen molar-refractivity contribution in [2.45, 2.75) is 77.7 Å². The van der Waals surface area contributed by atoms with Crippen LogP contribution in [0.5, 0.6) is 0 Å². The minimum atomic E-state index is -1.03. The first kappa shape index (κ1) is 26.7. The molecule has 0 aromatic heterocycles. The Morgan fingerprint density at radius 2 is 1.76 bits per heavy atom. The van der Waals surface area contributed by atoms with Crippen molar-refractivity contribution in [1.29, 1.82) is 0 Å². The van der Waals surface area contributed by atoms with E-state index in [2.05, 4.69) is 29.7 Å². The fourth-order valence-corrected chi connectivity index (χ4v) is 3.50. The maximum atomic E-state index is 13.7. The Morgan fingerprint density at radius 3 is 2.36 bits per heavy atom. The Bertz CT molecular complexity index is 900. The lowest BCUT2D eigenvalue weighted by atomic mass is 9.91. The predicted molar refractivity (Wildman–Crippen MR) is 126 cm³/mol. The molecule has 2 rings (SSSR count). The summed E-state index contributed by atoms with van der Waals surface area (Å²) in [5.41, 5.74) is 2.17. The number of hydrogen-bond acceptors (Lipinski definition) is 4. The number of halogens is 2. The Hall–Kier alpha value is -2.51. The van der Waals surface area contributed by atoms with Crippen molar-refractivity contribution < 1.29 is 23.4 Å². The zero-order chi connectivity index (χ0) is 24.6. The highest BCUT2D eigenvalue weighted by atomic mass is 19.1. The summed E-state index contributed by atoms with van der Waals surface area (Å²) in [5, 5.41) is 17.0. The smallest absolute Gasteiger partial charge is 0.407 e. The van der Waals surface area contributed by atoms with E-state index >= 15 is 0 Å². The summed E-state index contributed by atoms with van der Waals surface area (Å²) in [6.07, 6.45) is -0.408. The lowest BCUT2D eigenvalue weighted by Gasteiger charge is -2.31. The third kappa shape index (κ3) is 8.41. The third-order valence-electron chi connectivity index (χ3n) is 5.84. The zero-order valence-electron chi connectivity index (χ0n) is 20.1. The molecule has 0 aliphatic carbocycles. The van der Waals surface area contributed by atoms with Crippen LogP contribution in [0.15, 0.2) is 42.5 Å². The average Bonchev–Trinajstić information content (AvgIpc) is 2.76. The number of aliphatic hydroxyl groups is 1. The van der Waals surface area contributed by atoms with Crippen LogP contribution >= 0.6 is 0 Å². The summed E-state index contributed by atoms with van der Waals surface area (Å²) in [5.74, 6) is -1.43. The first-order valence-electron chi connectivity index (χ1n) is 11.5. The molecule has 7 heteroatoms. The molecular formula is C26H36F2N2O3. The summed E-state index contributed by atoms with van der Waals surface area (Å²) in [6.45, 7) is 9.91. The summed E-state index contributed by atoms with van der Waals surface area (Å²) >= 11 is 0. The van der Waals surface area contributed by atoms with Crippen molar-refractivity contribution in [2.75, 3.05) is 6.54 Å². The van der Waals surface area contributed by atoms with Gasteiger partial charge in [0.05, 0.1) is 12.1 Å². The highest BCUT2D eigenvalue weighted by Gasteiger charge is 2.27. The maximum Gasteiger partial charge on any atom is 0.407 e. The largest absolute Gasteiger partial charge is 0.447 e. The molecule has 0 aliphatic rings. The molecule has 0 fully saturated rings. The lowest BCUT2D eigenvalue weighted by Crippen LogP contribution is -2.51. The first-order valence-corrected chi connectivity index (χ1v) is 11.5. The number of alkyl carbamates (subject to hydrolysis) is 1. The van der Waals surface area contributed by atoms with Crippen molar-refractivity contribution in [2.24, 2.45) is 0 Å². The van der Waals surface area contributed by atoms with Crippen LogP contribution in [0.1, 0.15) is 57.7 Å². The molecule has 1 unspecified atom stereocenters. The van der Waals surface area contributed by atoms with Crippen molar-refractivity contribution in [1.82, 2.24) is 10.6 Å². The van der Waals surface area contributed by atoms with E-state index in [-0.39, 0.29) is 19.1 Å². The second-order valence-electron chi connectivity index (χ2n) is 8.98. The summed E-state index contributed by atoms with van der Waals surface area (Å²) in [4.78, 5) is 12.3. The van der Waals surface area contributed by atoms with Crippen molar-refractivity contribution in [3.05, 3.63) is 70.8 Å². The molecule has 0 bridgehead atoms. The molecular weight excluding hydrogens is 426 g/mol. The SMILES string of the molecule is CCc1cccc(C(C)(C)NC[C@@H](O)[C@H](Cc2cc(F)cc(F)c2)NC(=O)OC(C)CC)c1. The molecule has 3 N–H and O–H groups in total. The molecule has 0 heterocycles. The van der Waals surface area contributed by atoms with Gasteiger partial charge in [0.1, 0.15) is 17.7 Å². The summed E-state index contributed by atoms with van der Waals surface area (Å²) in [6, 6.07) is 10.6. The lowest BCUT2D eigenvalue weighted by molar-refractivity contribution is 0.0795. The summed E-state index contributed by atoms with van der Waals surface area (Å²) in [7, 11) is 0. The average molecular weight is 463 g/mol. The number of rotatable bonds is 11. The molecule has 182 valence electrons. The van der Waals surface area contributed by atoms with Crippen LogP contribution in [-0.4, -0.2) is 36.0 Å². The van der Waals surface area contributed by atoms with E-state index in [1.807, 2.05) is 32.9 Å². The number of benzene rings is 2. The van der Waals surface area contributed by atoms with Gasteiger partial charge in [-0.25, -0.2) is 13.6 Å². The van der Waals surface area contributed by atoms with E-state index in [4.69, 9.17) is 4.74 Å². The molecule has 5 nitrogen and oxygen atoms in total. The number of carbonyl (C=O) groups is 1. The second kappa shape index (κ2) is 12.1. The molecule has 2 aromatic rings. The molecule has 0 saturated carbocycles. The van der Waals surface area contributed by atoms with E-state index in [1.54, 1.807) is 6.92 Å². The van der Waals surface area contributed by atoms with Gasteiger partial charge in [0.2, 0.25) is 0 Å². The van der Waals surface area contributed by atoms with Gasteiger partial charge < -0.3 is 20.5 Å². The number of nitrogens with one attached hydrogen (secondary N) is 2. The van der Waals surface area contributed by atoms with Gasteiger partial charge in [0.25, 0.3) is 0 Å². The van der Waals surface area contributed by atoms with E-state index in [0.29, 0.717) is 12.0 Å². The quantitative estimate of drug-likeness (QED) is 0.447. The standard InChI is InChI=1S/C26H36F2N2O3/c1-6-17(3)33-25(32)30-23(14-19-12-21(27)15-22(28)13-19)24(31)16-29-26(4,5)20-10-8-9-18(7-2)11-20/h8-13,15,17,23-24,29,31H,6-7,14,16H2,1-5H3,(H,30,32)/t17?,23-,24+/m0/s1. The number of ether oxygens (including phenoxy) is 1. The van der Waals surface area contributed by atoms with Gasteiger partial charge in [-0.15, -0.1) is 0 Å². The predicted octanol–water partition coefficient (Wildman–Crippen LogP) is 4.85. The molecule has 0 spiro atoms. The molecule has 0 saturated heterocycles. The van der Waals surface area contributed by atoms with Gasteiger partial charge in [-0.2, -0.15) is 0 Å². The van der Waals surface area contributed by atoms with Gasteiger partial charge in [-0.3, -0.25) is 0 Å². The van der Waals surface area contributed by atoms with Gasteiger partial charge in [-0.05, 0) is 68.9 Å². The minimum Gasteiger partial charge on any atom is -0.447 e. The molecule has 0 aliphatic heterocycles. The molecule has 2 aromatic carbocycles. The second-order valence-corrected chi connectivity index (χ2v) is 8.98. The van der Waals surface area contributed by atoms with Crippen LogP contribution in [0.4, 0.5) is 13.6 Å². The monoisotopic (exact) mass is 462 g/mol. The number of aliphatic hydroxyl groups excluding tert-OH is 1. The first-order chi connectivity index (χ1) is 15.5. The Balaban J connectivity index is 2.15. The van der Waals surface area contributed by atoms with Gasteiger partial charge >= 0.3 is 6.09 Å². The maximum absolute atomic E-state index is 13.7. The highest BCUT2D eigenvalue weighted by molar-refractivity contribution is 5.68. The Morgan fingerprint density at radius 1 is 1.09 bits per heavy atom. The third-order valence-corrected chi connectivity index (χ3v) is 5.84. The fraction of sp³-hybridized carbons (Fsp3) is 0.500. The number of hydrogen-bond donors (Lipinski definition) is 3. The number of aryl methyl sites for hydroxylation is 1.